The Labute approximate surface area is 144 Å². The highest BCUT2D eigenvalue weighted by Gasteiger charge is 2.27. The lowest BCUT2D eigenvalue weighted by molar-refractivity contribution is -0.386. The van der Waals surface area contributed by atoms with Gasteiger partial charge in [0.1, 0.15) is 5.75 Å². The molecule has 0 saturated carbocycles. The third-order valence-corrected chi connectivity index (χ3v) is 3.55. The Kier molecular flexibility index (Phi) is 5.18. The van der Waals surface area contributed by atoms with E-state index in [9.17, 15) is 14.9 Å². The topological polar surface area (TPSA) is 145 Å². The van der Waals surface area contributed by atoms with Gasteiger partial charge in [-0.05, 0) is 24.5 Å². The van der Waals surface area contributed by atoms with Crippen LogP contribution in [-0.4, -0.2) is 27.1 Å². The van der Waals surface area contributed by atoms with E-state index in [0.29, 0.717) is 0 Å². The molecule has 1 heterocycles. The second-order valence-electron chi connectivity index (χ2n) is 4.20. The lowest BCUT2D eigenvalue weighted by Gasteiger charge is -2.10. The van der Waals surface area contributed by atoms with E-state index >= 15 is 0 Å². The number of ether oxygens (including phenoxy) is 1. The van der Waals surface area contributed by atoms with E-state index in [1.807, 2.05) is 6.07 Å². The Balaban J connectivity index is 2.63. The summed E-state index contributed by atoms with van der Waals surface area (Å²) in [4.78, 5) is 29.5. The molecule has 0 atom stereocenters. The average molecular weight is 366 g/mol. The highest BCUT2D eigenvalue weighted by molar-refractivity contribution is 7.98. The van der Waals surface area contributed by atoms with Crippen molar-refractivity contribution in [2.75, 3.05) is 6.26 Å². The number of nitrogens with zero attached hydrogens (tertiary/aromatic N) is 4. The van der Waals surface area contributed by atoms with Crippen molar-refractivity contribution in [3.8, 4) is 17.7 Å². The lowest BCUT2D eigenvalue weighted by Crippen LogP contribution is -2.13. The molecule has 122 valence electrons. The molecule has 11 heteroatoms. The van der Waals surface area contributed by atoms with E-state index < -0.39 is 27.6 Å². The van der Waals surface area contributed by atoms with Crippen LogP contribution in [0.3, 0.4) is 0 Å². The number of primary amides is 1. The smallest absolute Gasteiger partial charge is 0.368 e. The van der Waals surface area contributed by atoms with Crippen molar-refractivity contribution in [3.63, 3.8) is 0 Å². The summed E-state index contributed by atoms with van der Waals surface area (Å²) in [7, 11) is 0. The van der Waals surface area contributed by atoms with Crippen LogP contribution in [0, 0.1) is 21.4 Å². The molecule has 0 aliphatic heterocycles. The summed E-state index contributed by atoms with van der Waals surface area (Å²) in [5.74, 6) is -1.43. The maximum atomic E-state index is 11.5. The Hall–Kier alpha value is -2.90. The minimum absolute atomic E-state index is 0.0660. The fourth-order valence-corrected chi connectivity index (χ4v) is 2.33. The quantitative estimate of drug-likeness (QED) is 0.279. The molecule has 1 aromatic heterocycles. The summed E-state index contributed by atoms with van der Waals surface area (Å²) in [6.45, 7) is 0. The van der Waals surface area contributed by atoms with Crippen LogP contribution >= 0.6 is 23.4 Å². The highest BCUT2D eigenvalue weighted by atomic mass is 35.5. The third kappa shape index (κ3) is 3.53. The number of carbonyl (C=O) groups excluding carboxylic acids is 1. The van der Waals surface area contributed by atoms with Crippen molar-refractivity contribution in [2.45, 2.75) is 5.16 Å². The standard InChI is InChI=1S/C13H8ClN5O4S/c1-24-13-17-10(14)9(19(21)22)12(18-13)23-8-4-6(5-15)2-3-7(8)11(16)20/h2-4H,1H3,(H2,16,20). The monoisotopic (exact) mass is 365 g/mol. The normalized spacial score (nSPS) is 10.0. The molecular formula is C13H8ClN5O4S. The number of rotatable bonds is 5. The molecule has 0 aliphatic carbocycles. The number of carbonyl (C=O) groups is 1. The maximum Gasteiger partial charge on any atom is 0.368 e. The average Bonchev–Trinajstić information content (AvgIpc) is 2.53. The summed E-state index contributed by atoms with van der Waals surface area (Å²) in [5, 5.41) is 19.9. The first-order chi connectivity index (χ1) is 11.4. The molecule has 0 bridgehead atoms. The molecule has 2 rings (SSSR count). The van der Waals surface area contributed by atoms with Crippen LogP contribution < -0.4 is 10.5 Å². The van der Waals surface area contributed by atoms with E-state index in [0.717, 1.165) is 11.8 Å². The number of nitrogens with two attached hydrogens (primary N) is 1. The zero-order valence-electron chi connectivity index (χ0n) is 12.0. The first-order valence-electron chi connectivity index (χ1n) is 6.15. The number of hydrogen-bond acceptors (Lipinski definition) is 8. The maximum absolute atomic E-state index is 11.5. The molecule has 1 aromatic carbocycles. The number of amides is 1. The van der Waals surface area contributed by atoms with Gasteiger partial charge in [-0.25, -0.2) is 4.98 Å². The number of aromatic nitrogens is 2. The number of thioether (sulfide) groups is 1. The summed E-state index contributed by atoms with van der Waals surface area (Å²) in [6.07, 6.45) is 1.65. The molecule has 1 amide bonds. The molecule has 9 nitrogen and oxygen atoms in total. The van der Waals surface area contributed by atoms with Crippen molar-refractivity contribution in [3.05, 3.63) is 44.6 Å². The van der Waals surface area contributed by atoms with E-state index in [4.69, 9.17) is 27.3 Å². The predicted molar refractivity (Wildman–Crippen MR) is 85.2 cm³/mol. The first-order valence-corrected chi connectivity index (χ1v) is 7.75. The molecule has 0 aliphatic rings. The van der Waals surface area contributed by atoms with Gasteiger partial charge in [0.05, 0.1) is 22.1 Å². The fraction of sp³-hybridized carbons (Fsp3) is 0.0769. The van der Waals surface area contributed by atoms with E-state index in [1.165, 1.54) is 18.2 Å². The predicted octanol–water partition coefficient (Wildman–Crippen LogP) is 2.52. The summed E-state index contributed by atoms with van der Waals surface area (Å²) >= 11 is 6.90. The van der Waals surface area contributed by atoms with Gasteiger partial charge in [0.15, 0.2) is 5.16 Å². The highest BCUT2D eigenvalue weighted by Crippen LogP contribution is 2.37. The summed E-state index contributed by atoms with van der Waals surface area (Å²) < 4.78 is 5.39. The first kappa shape index (κ1) is 17.5. The van der Waals surface area contributed by atoms with Crippen molar-refractivity contribution < 1.29 is 14.5 Å². The number of nitro groups is 1. The molecule has 0 saturated heterocycles. The van der Waals surface area contributed by atoms with E-state index in [1.54, 1.807) is 6.26 Å². The number of nitriles is 1. The van der Waals surface area contributed by atoms with Crippen LogP contribution in [0.2, 0.25) is 5.15 Å². The minimum atomic E-state index is -0.831. The van der Waals surface area contributed by atoms with Gasteiger partial charge in [-0.1, -0.05) is 23.4 Å². The molecule has 2 aromatic rings. The van der Waals surface area contributed by atoms with Gasteiger partial charge < -0.3 is 10.5 Å². The van der Waals surface area contributed by atoms with Crippen LogP contribution in [0.4, 0.5) is 5.69 Å². The Morgan fingerprint density at radius 1 is 1.50 bits per heavy atom. The number of hydrogen-bond donors (Lipinski definition) is 1. The van der Waals surface area contributed by atoms with E-state index in [2.05, 4.69) is 9.97 Å². The molecule has 24 heavy (non-hydrogen) atoms. The lowest BCUT2D eigenvalue weighted by atomic mass is 10.1. The van der Waals surface area contributed by atoms with Crippen molar-refractivity contribution >= 4 is 35.0 Å². The number of benzene rings is 1. The van der Waals surface area contributed by atoms with Gasteiger partial charge in [-0.2, -0.15) is 10.2 Å². The van der Waals surface area contributed by atoms with Crippen molar-refractivity contribution in [1.29, 1.82) is 5.26 Å². The Morgan fingerprint density at radius 3 is 2.75 bits per heavy atom. The molecule has 2 N–H and O–H groups in total. The van der Waals surface area contributed by atoms with Crippen LogP contribution in [0.25, 0.3) is 0 Å². The van der Waals surface area contributed by atoms with Crippen LogP contribution in [0.1, 0.15) is 15.9 Å². The second-order valence-corrected chi connectivity index (χ2v) is 5.33. The Morgan fingerprint density at radius 2 is 2.21 bits per heavy atom. The fourth-order valence-electron chi connectivity index (χ4n) is 1.69. The molecule has 0 fully saturated rings. The van der Waals surface area contributed by atoms with Gasteiger partial charge in [-0.3, -0.25) is 14.9 Å². The zero-order valence-corrected chi connectivity index (χ0v) is 13.6. The van der Waals surface area contributed by atoms with E-state index in [-0.39, 0.29) is 22.0 Å². The molecule has 0 radical (unpaired) electrons. The largest absolute Gasteiger partial charge is 0.433 e. The van der Waals surface area contributed by atoms with Crippen LogP contribution in [0.5, 0.6) is 11.6 Å². The molecule has 0 spiro atoms. The molecule has 0 unspecified atom stereocenters. The van der Waals surface area contributed by atoms with Gasteiger partial charge in [-0.15, -0.1) is 0 Å². The van der Waals surface area contributed by atoms with Gasteiger partial charge in [0.2, 0.25) is 5.15 Å². The number of halogens is 1. The third-order valence-electron chi connectivity index (χ3n) is 2.74. The zero-order chi connectivity index (χ0) is 17.9. The van der Waals surface area contributed by atoms with Gasteiger partial charge >= 0.3 is 11.6 Å². The minimum Gasteiger partial charge on any atom is -0.433 e. The summed E-state index contributed by atoms with van der Waals surface area (Å²) in [6, 6.07) is 5.72. The van der Waals surface area contributed by atoms with Crippen molar-refractivity contribution in [1.82, 2.24) is 9.97 Å². The van der Waals surface area contributed by atoms with Crippen LogP contribution in [0.15, 0.2) is 23.4 Å². The second kappa shape index (κ2) is 7.12. The van der Waals surface area contributed by atoms with Crippen molar-refractivity contribution in [2.24, 2.45) is 5.73 Å². The van der Waals surface area contributed by atoms with Gasteiger partial charge in [0, 0.05) is 0 Å². The van der Waals surface area contributed by atoms with Crippen LogP contribution in [-0.2, 0) is 0 Å². The molecular weight excluding hydrogens is 358 g/mol. The Bertz CT molecular complexity index is 883. The SMILES string of the molecule is CSc1nc(Cl)c([N+](=O)[O-])c(Oc2cc(C#N)ccc2C(N)=O)n1. The summed E-state index contributed by atoms with van der Waals surface area (Å²) in [5.41, 5.74) is 4.69. The van der Waals surface area contributed by atoms with Gasteiger partial charge in [0.25, 0.3) is 5.91 Å².